The molecule has 3 saturated heterocycles. The summed E-state index contributed by atoms with van der Waals surface area (Å²) < 4.78 is 4.54. The van der Waals surface area contributed by atoms with Crippen LogP contribution in [0.4, 0.5) is 5.69 Å². The second kappa shape index (κ2) is 12.6. The van der Waals surface area contributed by atoms with Gasteiger partial charge in [-0.2, -0.15) is 0 Å². The number of rotatable bonds is 13. The Labute approximate surface area is 248 Å². The monoisotopic (exact) mass is 583 g/mol. The van der Waals surface area contributed by atoms with Crippen molar-refractivity contribution in [2.45, 2.75) is 62.6 Å². The molecule has 3 aliphatic rings. The van der Waals surface area contributed by atoms with Crippen molar-refractivity contribution in [1.29, 1.82) is 0 Å². The molecule has 3 amide bonds. The van der Waals surface area contributed by atoms with Crippen LogP contribution in [-0.4, -0.2) is 88.1 Å². The smallest absolute Gasteiger partial charge is 0.251 e. The highest BCUT2D eigenvalue weighted by atomic mass is 32.2. The Kier molecular flexibility index (Phi) is 9.59. The largest absolute Gasteiger partial charge is 0.497 e. The lowest BCUT2D eigenvalue weighted by atomic mass is 9.65. The Morgan fingerprint density at radius 2 is 1.85 bits per heavy atom. The van der Waals surface area contributed by atoms with E-state index in [1.165, 1.54) is 0 Å². The van der Waals surface area contributed by atoms with Gasteiger partial charge in [0.1, 0.15) is 11.8 Å². The van der Waals surface area contributed by atoms with E-state index in [0.717, 1.165) is 12.8 Å². The van der Waals surface area contributed by atoms with E-state index < -0.39 is 28.7 Å². The van der Waals surface area contributed by atoms with Crippen LogP contribution in [0, 0.1) is 23.7 Å². The standard InChI is InChI=1S/C32H45N3O5S/c1-8-15-33(16-9-2)29(37)26-25-18-21(6)32(41-25)27(26)30(38)35(24(19-36)20(4)5)28(32)31(39)34(17-10-3)22-11-13-23(40-7)14-12-22/h8,10-14,20-21,24-28,36H,1,3,9,15-19H2,2,4-7H3/t21?,24-,25-,26+,27-,28?,32?/m0/s1. The molecule has 41 heavy (non-hydrogen) atoms. The number of anilines is 1. The second-order valence-electron chi connectivity index (χ2n) is 11.8. The molecule has 3 fully saturated rings. The van der Waals surface area contributed by atoms with E-state index >= 15 is 0 Å². The van der Waals surface area contributed by atoms with E-state index in [1.54, 1.807) is 57.9 Å². The van der Waals surface area contributed by atoms with E-state index in [-0.39, 0.29) is 48.0 Å². The quantitative estimate of drug-likeness (QED) is 0.353. The summed E-state index contributed by atoms with van der Waals surface area (Å²) in [7, 11) is 1.59. The van der Waals surface area contributed by atoms with E-state index in [1.807, 2.05) is 32.9 Å². The minimum atomic E-state index is -0.830. The molecule has 9 heteroatoms. The molecule has 224 valence electrons. The van der Waals surface area contributed by atoms with Crippen molar-refractivity contribution < 1.29 is 24.2 Å². The fraction of sp³-hybridized carbons (Fsp3) is 0.594. The Balaban J connectivity index is 1.85. The lowest BCUT2D eigenvalue weighted by Crippen LogP contribution is -2.60. The normalized spacial score (nSPS) is 28.9. The van der Waals surface area contributed by atoms with Crippen LogP contribution in [0.25, 0.3) is 0 Å². The van der Waals surface area contributed by atoms with E-state index in [0.29, 0.717) is 24.5 Å². The molecular weight excluding hydrogens is 538 g/mol. The van der Waals surface area contributed by atoms with Crippen molar-refractivity contribution >= 4 is 35.2 Å². The second-order valence-corrected chi connectivity index (χ2v) is 13.3. The first kappa shape index (κ1) is 31.2. The van der Waals surface area contributed by atoms with Crippen LogP contribution >= 0.6 is 11.8 Å². The lowest BCUT2D eigenvalue weighted by Gasteiger charge is -2.43. The van der Waals surface area contributed by atoms with Crippen molar-refractivity contribution in [1.82, 2.24) is 9.80 Å². The summed E-state index contributed by atoms with van der Waals surface area (Å²) in [6.07, 6.45) is 4.96. The number of benzene rings is 1. The van der Waals surface area contributed by atoms with E-state index in [9.17, 15) is 19.5 Å². The van der Waals surface area contributed by atoms with Gasteiger partial charge in [0.15, 0.2) is 0 Å². The number of hydrogen-bond donors (Lipinski definition) is 1. The van der Waals surface area contributed by atoms with Crippen molar-refractivity contribution in [3.05, 3.63) is 49.6 Å². The first-order valence-electron chi connectivity index (χ1n) is 14.7. The van der Waals surface area contributed by atoms with Gasteiger partial charge in [-0.05, 0) is 48.9 Å². The van der Waals surface area contributed by atoms with Crippen LogP contribution in [-0.2, 0) is 14.4 Å². The fourth-order valence-corrected chi connectivity index (χ4v) is 9.68. The third-order valence-electron chi connectivity index (χ3n) is 9.13. The third kappa shape index (κ3) is 5.09. The predicted molar refractivity (Wildman–Crippen MR) is 164 cm³/mol. The molecule has 1 aromatic rings. The molecule has 8 nitrogen and oxygen atoms in total. The molecule has 7 atom stereocenters. The van der Waals surface area contributed by atoms with Gasteiger partial charge in [-0.3, -0.25) is 14.4 Å². The summed E-state index contributed by atoms with van der Waals surface area (Å²) in [6, 6.07) is 5.88. The summed E-state index contributed by atoms with van der Waals surface area (Å²) in [5, 5.41) is 10.5. The predicted octanol–water partition coefficient (Wildman–Crippen LogP) is 3.99. The molecule has 0 saturated carbocycles. The number of likely N-dealkylation sites (tertiary alicyclic amines) is 1. The highest BCUT2D eigenvalue weighted by Gasteiger charge is 2.77. The molecule has 3 heterocycles. The molecule has 2 bridgehead atoms. The summed E-state index contributed by atoms with van der Waals surface area (Å²) in [4.78, 5) is 48.6. The Bertz CT molecular complexity index is 1160. The van der Waals surface area contributed by atoms with Gasteiger partial charge in [-0.25, -0.2) is 0 Å². The summed E-state index contributed by atoms with van der Waals surface area (Å²) in [5.74, 6) is -0.986. The molecule has 1 N–H and O–H groups in total. The number of nitrogens with zero attached hydrogens (tertiary/aromatic N) is 3. The van der Waals surface area contributed by atoms with Crippen LogP contribution in [0.5, 0.6) is 5.75 Å². The summed E-state index contributed by atoms with van der Waals surface area (Å²) >= 11 is 1.66. The van der Waals surface area contributed by atoms with Crippen molar-refractivity contribution in [3.8, 4) is 5.75 Å². The molecule has 0 radical (unpaired) electrons. The average Bonchev–Trinajstić information content (AvgIpc) is 3.55. The zero-order valence-corrected chi connectivity index (χ0v) is 25.8. The lowest BCUT2D eigenvalue weighted by molar-refractivity contribution is -0.146. The number of amides is 3. The van der Waals surface area contributed by atoms with Gasteiger partial charge < -0.3 is 24.5 Å². The van der Waals surface area contributed by atoms with Gasteiger partial charge in [0.2, 0.25) is 11.8 Å². The molecule has 3 aliphatic heterocycles. The highest BCUT2D eigenvalue weighted by molar-refractivity contribution is 8.02. The van der Waals surface area contributed by atoms with Gasteiger partial charge in [0.05, 0.1) is 36.3 Å². The number of fused-ring (bicyclic) bond motifs is 1. The van der Waals surface area contributed by atoms with Crippen LogP contribution < -0.4 is 9.64 Å². The van der Waals surface area contributed by atoms with Gasteiger partial charge in [-0.15, -0.1) is 24.9 Å². The minimum Gasteiger partial charge on any atom is -0.497 e. The Hall–Kier alpha value is -2.78. The van der Waals surface area contributed by atoms with E-state index in [4.69, 9.17) is 4.74 Å². The number of aliphatic hydroxyl groups is 1. The first-order chi connectivity index (χ1) is 19.6. The topological polar surface area (TPSA) is 90.4 Å². The first-order valence-corrected chi connectivity index (χ1v) is 15.6. The van der Waals surface area contributed by atoms with Gasteiger partial charge >= 0.3 is 0 Å². The number of thioether (sulfide) groups is 1. The zero-order chi connectivity index (χ0) is 30.1. The number of carbonyl (C=O) groups excluding carboxylic acids is 3. The van der Waals surface area contributed by atoms with Crippen molar-refractivity contribution in [2.75, 3.05) is 38.3 Å². The third-order valence-corrected chi connectivity index (χ3v) is 11.2. The average molecular weight is 584 g/mol. The maximum absolute atomic E-state index is 14.8. The Morgan fingerprint density at radius 1 is 1.20 bits per heavy atom. The number of carbonyl (C=O) groups is 3. The van der Waals surface area contributed by atoms with Crippen LogP contribution in [0.1, 0.15) is 40.5 Å². The molecule has 1 spiro atoms. The van der Waals surface area contributed by atoms with Crippen molar-refractivity contribution in [2.24, 2.45) is 23.7 Å². The van der Waals surface area contributed by atoms with Crippen LogP contribution in [0.3, 0.4) is 0 Å². The number of ether oxygens (including phenoxy) is 1. The molecule has 1 aromatic carbocycles. The molecule has 0 aliphatic carbocycles. The zero-order valence-electron chi connectivity index (χ0n) is 25.0. The van der Waals surface area contributed by atoms with Gasteiger partial charge in [-0.1, -0.05) is 39.8 Å². The number of hydrogen-bond acceptors (Lipinski definition) is 6. The van der Waals surface area contributed by atoms with Crippen molar-refractivity contribution in [3.63, 3.8) is 0 Å². The van der Waals surface area contributed by atoms with Crippen LogP contribution in [0.2, 0.25) is 0 Å². The van der Waals surface area contributed by atoms with Crippen LogP contribution in [0.15, 0.2) is 49.6 Å². The summed E-state index contributed by atoms with van der Waals surface area (Å²) in [5.41, 5.74) is 0.672. The number of methoxy groups -OCH3 is 1. The SMILES string of the molecule is C=CCN(CCC)C(=O)[C@@H]1[C@@H]2CC(C)C3(S2)C(C(=O)N(CC=C)c2ccc(OC)cc2)N([C@@H](CO)C(C)C)C(=O)[C@H]13. The molecule has 4 rings (SSSR count). The maximum atomic E-state index is 14.8. The fourth-order valence-electron chi connectivity index (χ4n) is 7.29. The minimum absolute atomic E-state index is 0.0291. The highest BCUT2D eigenvalue weighted by Crippen LogP contribution is 2.69. The maximum Gasteiger partial charge on any atom is 0.251 e. The van der Waals surface area contributed by atoms with Gasteiger partial charge in [0, 0.05) is 30.6 Å². The Morgan fingerprint density at radius 3 is 2.39 bits per heavy atom. The molecular formula is C32H45N3O5S. The van der Waals surface area contributed by atoms with E-state index in [2.05, 4.69) is 20.1 Å². The van der Waals surface area contributed by atoms with Gasteiger partial charge in [0.25, 0.3) is 5.91 Å². The summed E-state index contributed by atoms with van der Waals surface area (Å²) in [6.45, 7) is 16.8. The molecule has 0 aromatic heterocycles. The molecule has 3 unspecified atom stereocenters. The number of aliphatic hydroxyl groups excluding tert-OH is 1.